The first kappa shape index (κ1) is 9.78. The van der Waals surface area contributed by atoms with E-state index in [0.717, 1.165) is 35.8 Å². The third kappa shape index (κ3) is 1.80. The highest BCUT2D eigenvalue weighted by Crippen LogP contribution is 2.17. The molecule has 0 saturated carbocycles. The molecule has 3 heterocycles. The third-order valence-corrected chi connectivity index (χ3v) is 3.02. The lowest BCUT2D eigenvalue weighted by atomic mass is 10.2. The van der Waals surface area contributed by atoms with Gasteiger partial charge in [-0.3, -0.25) is 0 Å². The summed E-state index contributed by atoms with van der Waals surface area (Å²) in [6.07, 6.45) is 3.34. The van der Waals surface area contributed by atoms with Crippen LogP contribution in [-0.2, 0) is 6.42 Å². The van der Waals surface area contributed by atoms with E-state index >= 15 is 0 Å². The first-order valence-electron chi connectivity index (χ1n) is 5.78. The van der Waals surface area contributed by atoms with Gasteiger partial charge in [-0.25, -0.2) is 4.98 Å². The Morgan fingerprint density at radius 3 is 3.19 bits per heavy atom. The van der Waals surface area contributed by atoms with Gasteiger partial charge in [0.1, 0.15) is 0 Å². The van der Waals surface area contributed by atoms with Gasteiger partial charge in [0, 0.05) is 18.2 Å². The van der Waals surface area contributed by atoms with Crippen LogP contribution in [0.2, 0.25) is 0 Å². The van der Waals surface area contributed by atoms with Gasteiger partial charge in [-0.15, -0.1) is 0 Å². The van der Waals surface area contributed by atoms with E-state index < -0.39 is 0 Å². The molecule has 0 amide bonds. The van der Waals surface area contributed by atoms with E-state index in [9.17, 15) is 0 Å². The normalized spacial score (nSPS) is 20.7. The van der Waals surface area contributed by atoms with Gasteiger partial charge >= 0.3 is 0 Å². The Bertz CT molecular complexity index is 500. The van der Waals surface area contributed by atoms with Gasteiger partial charge in [-0.05, 0) is 38.4 Å². The molecule has 0 radical (unpaired) electrons. The highest BCUT2D eigenvalue weighted by molar-refractivity contribution is 5.67. The molecule has 1 aliphatic heterocycles. The molecule has 1 saturated heterocycles. The van der Waals surface area contributed by atoms with E-state index in [1.807, 2.05) is 19.1 Å². The van der Waals surface area contributed by atoms with Crippen molar-refractivity contribution in [3.05, 3.63) is 23.7 Å². The van der Waals surface area contributed by atoms with Crippen LogP contribution < -0.4 is 5.32 Å². The van der Waals surface area contributed by atoms with E-state index in [4.69, 9.17) is 4.42 Å². The fourth-order valence-electron chi connectivity index (χ4n) is 2.19. The van der Waals surface area contributed by atoms with Gasteiger partial charge in [0.2, 0.25) is 0 Å². The molecule has 3 rings (SSSR count). The Labute approximate surface area is 94.1 Å². The molecule has 1 N–H and O–H groups in total. The monoisotopic (exact) mass is 217 g/mol. The quantitative estimate of drug-likeness (QED) is 0.833. The second-order valence-corrected chi connectivity index (χ2v) is 4.38. The second-order valence-electron chi connectivity index (χ2n) is 4.38. The van der Waals surface area contributed by atoms with Crippen molar-refractivity contribution in [1.29, 1.82) is 0 Å². The van der Waals surface area contributed by atoms with Crippen molar-refractivity contribution >= 4 is 11.2 Å². The van der Waals surface area contributed by atoms with Crippen LogP contribution in [0.3, 0.4) is 0 Å². The van der Waals surface area contributed by atoms with Crippen molar-refractivity contribution in [2.75, 3.05) is 6.54 Å². The number of aryl methyl sites for hydroxylation is 1. The molecule has 2 aromatic rings. The predicted octanol–water partition coefficient (Wildman–Crippen LogP) is 1.83. The molecule has 0 aromatic carbocycles. The first-order valence-corrected chi connectivity index (χ1v) is 5.78. The average molecular weight is 217 g/mol. The van der Waals surface area contributed by atoms with Crippen molar-refractivity contribution in [3.8, 4) is 0 Å². The maximum Gasteiger partial charge on any atom is 0.199 e. The zero-order chi connectivity index (χ0) is 11.0. The Morgan fingerprint density at radius 2 is 2.38 bits per heavy atom. The number of nitrogens with zero attached hydrogens (tertiary/aromatic N) is 2. The molecule has 1 atom stereocenters. The lowest BCUT2D eigenvalue weighted by Crippen LogP contribution is -2.23. The smallest absolute Gasteiger partial charge is 0.199 e. The minimum absolute atomic E-state index is 0.522. The molecule has 16 heavy (non-hydrogen) atoms. The van der Waals surface area contributed by atoms with Crippen molar-refractivity contribution in [1.82, 2.24) is 15.3 Å². The highest BCUT2D eigenvalue weighted by atomic mass is 16.3. The summed E-state index contributed by atoms with van der Waals surface area (Å²) in [5.41, 5.74) is 2.50. The van der Waals surface area contributed by atoms with Crippen LogP contribution in [0.5, 0.6) is 0 Å². The molecule has 2 aromatic heterocycles. The molecule has 1 unspecified atom stereocenters. The second kappa shape index (κ2) is 3.87. The third-order valence-electron chi connectivity index (χ3n) is 3.02. The Balaban J connectivity index is 1.86. The molecule has 1 fully saturated rings. The van der Waals surface area contributed by atoms with Gasteiger partial charge < -0.3 is 9.73 Å². The van der Waals surface area contributed by atoms with Crippen molar-refractivity contribution in [2.45, 2.75) is 32.2 Å². The number of pyridine rings is 1. The first-order chi connectivity index (χ1) is 7.81. The summed E-state index contributed by atoms with van der Waals surface area (Å²) >= 11 is 0. The Kier molecular flexibility index (Phi) is 2.36. The predicted molar refractivity (Wildman–Crippen MR) is 61.3 cm³/mol. The van der Waals surface area contributed by atoms with Gasteiger partial charge in [0.25, 0.3) is 0 Å². The Hall–Kier alpha value is -1.42. The maximum absolute atomic E-state index is 5.67. The van der Waals surface area contributed by atoms with Crippen LogP contribution in [0.25, 0.3) is 11.2 Å². The van der Waals surface area contributed by atoms with E-state index in [-0.39, 0.29) is 0 Å². The summed E-state index contributed by atoms with van der Waals surface area (Å²) in [6, 6.07) is 4.41. The highest BCUT2D eigenvalue weighted by Gasteiger charge is 2.17. The Morgan fingerprint density at radius 1 is 1.44 bits per heavy atom. The number of hydrogen-bond acceptors (Lipinski definition) is 4. The summed E-state index contributed by atoms with van der Waals surface area (Å²) in [6.45, 7) is 3.08. The molecule has 84 valence electrons. The molecular weight excluding hydrogens is 202 g/mol. The lowest BCUT2D eigenvalue weighted by molar-refractivity contribution is 0.478. The molecular formula is C12H15N3O. The van der Waals surface area contributed by atoms with Gasteiger partial charge in [0.15, 0.2) is 17.1 Å². The number of rotatable bonds is 2. The van der Waals surface area contributed by atoms with Crippen molar-refractivity contribution in [3.63, 3.8) is 0 Å². The molecule has 0 spiro atoms. The van der Waals surface area contributed by atoms with Gasteiger partial charge in [-0.2, -0.15) is 4.98 Å². The summed E-state index contributed by atoms with van der Waals surface area (Å²) in [5.74, 6) is 0.799. The fourth-order valence-corrected chi connectivity index (χ4v) is 2.19. The van der Waals surface area contributed by atoms with Crippen LogP contribution in [-0.4, -0.2) is 22.6 Å². The van der Waals surface area contributed by atoms with E-state index in [2.05, 4.69) is 15.3 Å². The van der Waals surface area contributed by atoms with Crippen LogP contribution >= 0.6 is 0 Å². The van der Waals surface area contributed by atoms with Gasteiger partial charge in [-0.1, -0.05) is 0 Å². The summed E-state index contributed by atoms with van der Waals surface area (Å²) in [4.78, 5) is 8.76. The molecule has 1 aliphatic rings. The maximum atomic E-state index is 5.67. The van der Waals surface area contributed by atoms with E-state index in [1.165, 1.54) is 12.8 Å². The fraction of sp³-hybridized carbons (Fsp3) is 0.500. The van der Waals surface area contributed by atoms with Crippen LogP contribution in [0.15, 0.2) is 16.5 Å². The lowest BCUT2D eigenvalue weighted by Gasteiger charge is -2.05. The van der Waals surface area contributed by atoms with Crippen molar-refractivity contribution < 1.29 is 4.42 Å². The molecule has 4 heteroatoms. The summed E-state index contributed by atoms with van der Waals surface area (Å²) in [7, 11) is 0. The van der Waals surface area contributed by atoms with E-state index in [1.54, 1.807) is 0 Å². The topological polar surface area (TPSA) is 51.0 Å². The molecule has 0 aliphatic carbocycles. The van der Waals surface area contributed by atoms with Crippen LogP contribution in [0, 0.1) is 6.92 Å². The van der Waals surface area contributed by atoms with Crippen molar-refractivity contribution in [2.24, 2.45) is 0 Å². The standard InChI is InChI=1S/C12H15N3O/c1-8-4-5-10-12(14-8)15-11(16-10)7-9-3-2-6-13-9/h4-5,9,13H,2-3,6-7H2,1H3. The minimum atomic E-state index is 0.522. The number of aromatic nitrogens is 2. The van der Waals surface area contributed by atoms with Crippen LogP contribution in [0.1, 0.15) is 24.4 Å². The molecule has 4 nitrogen and oxygen atoms in total. The molecule has 0 bridgehead atoms. The SMILES string of the molecule is Cc1ccc2oc(CC3CCCN3)nc2n1. The summed E-state index contributed by atoms with van der Waals surface area (Å²) < 4.78 is 5.67. The number of fused-ring (bicyclic) bond motifs is 1. The summed E-state index contributed by atoms with van der Waals surface area (Å²) in [5, 5.41) is 3.44. The number of hydrogen-bond donors (Lipinski definition) is 1. The van der Waals surface area contributed by atoms with Gasteiger partial charge in [0.05, 0.1) is 0 Å². The minimum Gasteiger partial charge on any atom is -0.439 e. The largest absolute Gasteiger partial charge is 0.439 e. The van der Waals surface area contributed by atoms with E-state index in [0.29, 0.717) is 6.04 Å². The number of oxazole rings is 1. The number of nitrogens with one attached hydrogen (secondary N) is 1. The average Bonchev–Trinajstić information content (AvgIpc) is 2.86. The van der Waals surface area contributed by atoms with Crippen LogP contribution in [0.4, 0.5) is 0 Å². The zero-order valence-corrected chi connectivity index (χ0v) is 9.36. The zero-order valence-electron chi connectivity index (χ0n) is 9.36.